The van der Waals surface area contributed by atoms with Crippen molar-refractivity contribution in [3.05, 3.63) is 28.8 Å². The van der Waals surface area contributed by atoms with Gasteiger partial charge in [0.2, 0.25) is 0 Å². The molecule has 0 radical (unpaired) electrons. The first-order valence-corrected chi connectivity index (χ1v) is 6.64. The minimum atomic E-state index is -0.362. The van der Waals surface area contributed by atoms with Crippen LogP contribution in [0.4, 0.5) is 5.69 Å². The minimum absolute atomic E-state index is 0.162. The van der Waals surface area contributed by atoms with E-state index < -0.39 is 0 Å². The molecule has 0 aromatic heterocycles. The van der Waals surface area contributed by atoms with Crippen LogP contribution < -0.4 is 5.73 Å². The maximum Gasteiger partial charge on any atom is 0.340 e. The maximum absolute atomic E-state index is 11.8. The van der Waals surface area contributed by atoms with Gasteiger partial charge in [-0.15, -0.1) is 0 Å². The third-order valence-electron chi connectivity index (χ3n) is 2.86. The monoisotopic (exact) mass is 265 g/mol. The van der Waals surface area contributed by atoms with E-state index in [1.807, 2.05) is 33.8 Å². The second-order valence-electron chi connectivity index (χ2n) is 4.81. The van der Waals surface area contributed by atoms with Crippen LogP contribution in [0.15, 0.2) is 12.1 Å². The standard InChI is InChI=1S/C15H23NO3/c1-5-8-18-15(17)13-7-6-12(9-19-10(2)3)11(4)14(13)16/h6-7,10H,5,8-9,16H2,1-4H3. The zero-order valence-corrected chi connectivity index (χ0v) is 12.2. The van der Waals surface area contributed by atoms with Crippen molar-refractivity contribution in [3.63, 3.8) is 0 Å². The smallest absolute Gasteiger partial charge is 0.340 e. The first kappa shape index (κ1) is 15.5. The van der Waals surface area contributed by atoms with Gasteiger partial charge in [-0.2, -0.15) is 0 Å². The number of carbonyl (C=O) groups excluding carboxylic acids is 1. The summed E-state index contributed by atoms with van der Waals surface area (Å²) in [7, 11) is 0. The number of carbonyl (C=O) groups is 1. The van der Waals surface area contributed by atoms with Crippen molar-refractivity contribution < 1.29 is 14.3 Å². The second kappa shape index (κ2) is 7.14. The SMILES string of the molecule is CCCOC(=O)c1ccc(COC(C)C)c(C)c1N. The Bertz CT molecular complexity index is 441. The van der Waals surface area contributed by atoms with E-state index in [1.54, 1.807) is 6.07 Å². The lowest BCUT2D eigenvalue weighted by atomic mass is 10.0. The van der Waals surface area contributed by atoms with E-state index in [0.29, 0.717) is 24.5 Å². The molecule has 0 saturated carbocycles. The van der Waals surface area contributed by atoms with Crippen LogP contribution in [0, 0.1) is 6.92 Å². The Morgan fingerprint density at radius 3 is 2.63 bits per heavy atom. The zero-order chi connectivity index (χ0) is 14.4. The number of benzene rings is 1. The maximum atomic E-state index is 11.8. The molecule has 4 nitrogen and oxygen atoms in total. The summed E-state index contributed by atoms with van der Waals surface area (Å²) in [4.78, 5) is 11.8. The summed E-state index contributed by atoms with van der Waals surface area (Å²) >= 11 is 0. The van der Waals surface area contributed by atoms with E-state index in [1.165, 1.54) is 0 Å². The van der Waals surface area contributed by atoms with Crippen molar-refractivity contribution in [2.45, 2.75) is 46.8 Å². The van der Waals surface area contributed by atoms with Gasteiger partial charge in [0, 0.05) is 5.69 Å². The van der Waals surface area contributed by atoms with Crippen molar-refractivity contribution in [1.82, 2.24) is 0 Å². The Kier molecular flexibility index (Phi) is 5.83. The molecule has 0 amide bonds. The number of nitrogen functional groups attached to an aromatic ring is 1. The third-order valence-corrected chi connectivity index (χ3v) is 2.86. The molecule has 0 saturated heterocycles. The molecule has 2 N–H and O–H groups in total. The highest BCUT2D eigenvalue weighted by Crippen LogP contribution is 2.23. The largest absolute Gasteiger partial charge is 0.462 e. The molecular formula is C15H23NO3. The second-order valence-corrected chi connectivity index (χ2v) is 4.81. The van der Waals surface area contributed by atoms with Crippen molar-refractivity contribution >= 4 is 11.7 Å². The first-order valence-electron chi connectivity index (χ1n) is 6.64. The molecule has 4 heteroatoms. The van der Waals surface area contributed by atoms with Gasteiger partial charge in [0.25, 0.3) is 0 Å². The van der Waals surface area contributed by atoms with Crippen molar-refractivity contribution in [2.24, 2.45) is 0 Å². The van der Waals surface area contributed by atoms with Crippen molar-refractivity contribution in [2.75, 3.05) is 12.3 Å². The van der Waals surface area contributed by atoms with Gasteiger partial charge in [-0.05, 0) is 44.4 Å². The van der Waals surface area contributed by atoms with Gasteiger partial charge in [-0.3, -0.25) is 0 Å². The van der Waals surface area contributed by atoms with Gasteiger partial charge in [-0.1, -0.05) is 13.0 Å². The van der Waals surface area contributed by atoms with Gasteiger partial charge in [0.1, 0.15) is 0 Å². The highest BCUT2D eigenvalue weighted by molar-refractivity contribution is 5.96. The molecule has 0 atom stereocenters. The van der Waals surface area contributed by atoms with Crippen LogP contribution in [0.25, 0.3) is 0 Å². The summed E-state index contributed by atoms with van der Waals surface area (Å²) in [6.07, 6.45) is 0.958. The molecule has 106 valence electrons. The predicted octanol–water partition coefficient (Wildman–Crippen LogP) is 3.07. The third kappa shape index (κ3) is 4.24. The topological polar surface area (TPSA) is 61.5 Å². The molecule has 0 spiro atoms. The van der Waals surface area contributed by atoms with Gasteiger partial charge >= 0.3 is 5.97 Å². The van der Waals surface area contributed by atoms with E-state index in [4.69, 9.17) is 15.2 Å². The number of esters is 1. The zero-order valence-electron chi connectivity index (χ0n) is 12.2. The molecule has 1 rings (SSSR count). The number of hydrogen-bond acceptors (Lipinski definition) is 4. The summed E-state index contributed by atoms with van der Waals surface area (Å²) in [6.45, 7) is 8.72. The molecule has 0 aliphatic carbocycles. The number of rotatable bonds is 6. The minimum Gasteiger partial charge on any atom is -0.462 e. The number of hydrogen-bond donors (Lipinski definition) is 1. The lowest BCUT2D eigenvalue weighted by Gasteiger charge is -2.14. The van der Waals surface area contributed by atoms with Crippen LogP contribution in [0.1, 0.15) is 48.7 Å². The lowest BCUT2D eigenvalue weighted by Crippen LogP contribution is -2.12. The van der Waals surface area contributed by atoms with Crippen LogP contribution in [-0.2, 0) is 16.1 Å². The lowest BCUT2D eigenvalue weighted by molar-refractivity contribution is 0.0505. The fraction of sp³-hybridized carbons (Fsp3) is 0.533. The average molecular weight is 265 g/mol. The molecular weight excluding hydrogens is 242 g/mol. The molecule has 0 unspecified atom stereocenters. The molecule has 19 heavy (non-hydrogen) atoms. The van der Waals surface area contributed by atoms with Crippen LogP contribution >= 0.6 is 0 Å². The quantitative estimate of drug-likeness (QED) is 0.634. The highest BCUT2D eigenvalue weighted by atomic mass is 16.5. The highest BCUT2D eigenvalue weighted by Gasteiger charge is 2.15. The predicted molar refractivity (Wildman–Crippen MR) is 76.1 cm³/mol. The number of anilines is 1. The first-order chi connectivity index (χ1) is 8.97. The van der Waals surface area contributed by atoms with E-state index in [-0.39, 0.29) is 12.1 Å². The molecule has 1 aromatic rings. The van der Waals surface area contributed by atoms with Gasteiger partial charge in [-0.25, -0.2) is 4.79 Å². The van der Waals surface area contributed by atoms with Gasteiger partial charge in [0.05, 0.1) is 24.9 Å². The molecule has 0 aliphatic rings. The van der Waals surface area contributed by atoms with Crippen LogP contribution in [0.3, 0.4) is 0 Å². The Hall–Kier alpha value is -1.55. The van der Waals surface area contributed by atoms with E-state index in [2.05, 4.69) is 0 Å². The average Bonchev–Trinajstić information content (AvgIpc) is 2.37. The van der Waals surface area contributed by atoms with Crippen LogP contribution in [0.2, 0.25) is 0 Å². The van der Waals surface area contributed by atoms with E-state index in [9.17, 15) is 4.79 Å². The summed E-state index contributed by atoms with van der Waals surface area (Å²) < 4.78 is 10.7. The molecule has 0 aliphatic heterocycles. The van der Waals surface area contributed by atoms with E-state index >= 15 is 0 Å². The Labute approximate surface area is 114 Å². The fourth-order valence-corrected chi connectivity index (χ4v) is 1.64. The van der Waals surface area contributed by atoms with Gasteiger partial charge in [0.15, 0.2) is 0 Å². The number of ether oxygens (including phenoxy) is 2. The molecule has 0 heterocycles. The van der Waals surface area contributed by atoms with Crippen LogP contribution in [0.5, 0.6) is 0 Å². The molecule has 0 bridgehead atoms. The Morgan fingerprint density at radius 2 is 2.05 bits per heavy atom. The van der Waals surface area contributed by atoms with E-state index in [0.717, 1.165) is 17.5 Å². The Morgan fingerprint density at radius 1 is 1.37 bits per heavy atom. The van der Waals surface area contributed by atoms with Crippen molar-refractivity contribution in [1.29, 1.82) is 0 Å². The summed E-state index contributed by atoms with van der Waals surface area (Å²) in [5.41, 5.74) is 8.79. The van der Waals surface area contributed by atoms with Crippen molar-refractivity contribution in [3.8, 4) is 0 Å². The molecule has 1 aromatic carbocycles. The summed E-state index contributed by atoms with van der Waals surface area (Å²) in [5, 5.41) is 0. The molecule has 0 fully saturated rings. The fourth-order valence-electron chi connectivity index (χ4n) is 1.64. The summed E-state index contributed by atoms with van der Waals surface area (Å²) in [5.74, 6) is -0.362. The van der Waals surface area contributed by atoms with Crippen LogP contribution in [-0.4, -0.2) is 18.7 Å². The Balaban J connectivity index is 2.87. The number of nitrogens with two attached hydrogens (primary N) is 1. The normalized spacial score (nSPS) is 10.8. The van der Waals surface area contributed by atoms with Gasteiger partial charge < -0.3 is 15.2 Å². The summed E-state index contributed by atoms with van der Waals surface area (Å²) in [6, 6.07) is 3.58.